The Bertz CT molecular complexity index is 702. The molecule has 2 aromatic rings. The monoisotopic (exact) mass is 298 g/mol. The summed E-state index contributed by atoms with van der Waals surface area (Å²) in [6.07, 6.45) is 3.70. The Morgan fingerprint density at radius 2 is 2.05 bits per heavy atom. The largest absolute Gasteiger partial charge is 0.322 e. The highest BCUT2D eigenvalue weighted by Crippen LogP contribution is 2.22. The number of rotatable bonds is 2. The number of urea groups is 1. The van der Waals surface area contributed by atoms with E-state index in [4.69, 9.17) is 0 Å². The van der Waals surface area contributed by atoms with Gasteiger partial charge in [0.2, 0.25) is 0 Å². The second-order valence-corrected chi connectivity index (χ2v) is 4.95. The maximum absolute atomic E-state index is 13.7. The minimum absolute atomic E-state index is 0.166. The van der Waals surface area contributed by atoms with Crippen LogP contribution in [0.5, 0.6) is 0 Å². The van der Waals surface area contributed by atoms with Crippen LogP contribution in [0.15, 0.2) is 48.7 Å². The van der Waals surface area contributed by atoms with Crippen LogP contribution in [0.4, 0.5) is 14.9 Å². The molecule has 1 aromatic heterocycles. The Hall–Kier alpha value is -2.76. The third-order valence-electron chi connectivity index (χ3n) is 3.50. The summed E-state index contributed by atoms with van der Waals surface area (Å²) in [4.78, 5) is 13.8. The molecule has 2 heterocycles. The van der Waals surface area contributed by atoms with E-state index in [9.17, 15) is 9.18 Å². The molecule has 22 heavy (non-hydrogen) atoms. The number of amides is 2. The van der Waals surface area contributed by atoms with Gasteiger partial charge in [-0.3, -0.25) is 0 Å². The van der Waals surface area contributed by atoms with Gasteiger partial charge in [0.15, 0.2) is 5.82 Å². The lowest BCUT2D eigenvalue weighted by atomic mass is 10.0. The van der Waals surface area contributed by atoms with Gasteiger partial charge in [-0.05, 0) is 30.2 Å². The maximum atomic E-state index is 13.7. The van der Waals surface area contributed by atoms with Crippen molar-refractivity contribution in [3.8, 4) is 0 Å². The van der Waals surface area contributed by atoms with Crippen LogP contribution in [0.2, 0.25) is 0 Å². The Labute approximate surface area is 127 Å². The normalized spacial score (nSPS) is 14.4. The molecule has 0 unspecified atom stereocenters. The Kier molecular flexibility index (Phi) is 4.09. The van der Waals surface area contributed by atoms with Crippen molar-refractivity contribution in [1.82, 2.24) is 15.1 Å². The number of para-hydroxylation sites is 1. The molecule has 0 aliphatic carbocycles. The van der Waals surface area contributed by atoms with Gasteiger partial charge in [-0.2, -0.15) is 5.10 Å². The van der Waals surface area contributed by atoms with Crippen molar-refractivity contribution in [2.45, 2.75) is 6.42 Å². The number of nitrogens with one attached hydrogen (secondary N) is 1. The highest BCUT2D eigenvalue weighted by Gasteiger charge is 2.20. The van der Waals surface area contributed by atoms with E-state index in [1.54, 1.807) is 4.90 Å². The average molecular weight is 298 g/mol. The van der Waals surface area contributed by atoms with E-state index >= 15 is 0 Å². The number of nitrogens with zero attached hydrogens (tertiary/aromatic N) is 3. The molecule has 0 saturated carbocycles. The zero-order valence-corrected chi connectivity index (χ0v) is 11.9. The SMILES string of the molecule is O=C(Nc1ccccc1)N1CC=C(c2nnccc2F)CC1. The molecule has 6 heteroatoms. The van der Waals surface area contributed by atoms with Crippen molar-refractivity contribution in [2.75, 3.05) is 18.4 Å². The predicted molar refractivity (Wildman–Crippen MR) is 81.6 cm³/mol. The van der Waals surface area contributed by atoms with Gasteiger partial charge in [-0.25, -0.2) is 9.18 Å². The van der Waals surface area contributed by atoms with Crippen molar-refractivity contribution in [3.05, 3.63) is 60.2 Å². The fourth-order valence-corrected chi connectivity index (χ4v) is 2.33. The first-order valence-corrected chi connectivity index (χ1v) is 7.01. The van der Waals surface area contributed by atoms with E-state index in [0.717, 1.165) is 11.3 Å². The van der Waals surface area contributed by atoms with Gasteiger partial charge in [0.1, 0.15) is 5.69 Å². The summed E-state index contributed by atoms with van der Waals surface area (Å²) >= 11 is 0. The van der Waals surface area contributed by atoms with Crippen molar-refractivity contribution >= 4 is 17.3 Å². The fraction of sp³-hybridized carbons (Fsp3) is 0.188. The minimum Gasteiger partial charge on any atom is -0.320 e. The number of hydrogen-bond acceptors (Lipinski definition) is 3. The zero-order chi connectivity index (χ0) is 15.4. The van der Waals surface area contributed by atoms with Crippen molar-refractivity contribution < 1.29 is 9.18 Å². The van der Waals surface area contributed by atoms with Crippen LogP contribution >= 0.6 is 0 Å². The van der Waals surface area contributed by atoms with Crippen LogP contribution in [0.3, 0.4) is 0 Å². The molecule has 3 rings (SSSR count). The van der Waals surface area contributed by atoms with E-state index in [1.807, 2.05) is 36.4 Å². The summed E-state index contributed by atoms with van der Waals surface area (Å²) in [6, 6.07) is 10.4. The van der Waals surface area contributed by atoms with Crippen molar-refractivity contribution in [1.29, 1.82) is 0 Å². The van der Waals surface area contributed by atoms with Crippen LogP contribution in [0, 0.1) is 5.82 Å². The first kappa shape index (κ1) is 14.2. The summed E-state index contributed by atoms with van der Waals surface area (Å²) in [5, 5.41) is 10.4. The van der Waals surface area contributed by atoms with Crippen LogP contribution in [-0.2, 0) is 0 Å². The molecule has 0 saturated heterocycles. The molecule has 0 bridgehead atoms. The van der Waals surface area contributed by atoms with Crippen LogP contribution in [0.1, 0.15) is 12.1 Å². The molecule has 2 amide bonds. The Morgan fingerprint density at radius 1 is 1.23 bits per heavy atom. The molecule has 1 aliphatic heterocycles. The van der Waals surface area contributed by atoms with Gasteiger partial charge in [-0.1, -0.05) is 24.3 Å². The average Bonchev–Trinajstić information content (AvgIpc) is 2.56. The number of carbonyl (C=O) groups is 1. The van der Waals surface area contributed by atoms with Gasteiger partial charge in [0.05, 0.1) is 6.20 Å². The zero-order valence-electron chi connectivity index (χ0n) is 11.9. The highest BCUT2D eigenvalue weighted by molar-refractivity contribution is 5.89. The standard InChI is InChI=1S/C16H15FN4O/c17-14-6-9-18-20-15(14)12-7-10-21(11-8-12)16(22)19-13-4-2-1-3-5-13/h1-7,9H,8,10-11H2,(H,19,22). The van der Waals surface area contributed by atoms with Crippen LogP contribution in [-0.4, -0.2) is 34.2 Å². The number of hydrogen-bond donors (Lipinski definition) is 1. The lowest BCUT2D eigenvalue weighted by Crippen LogP contribution is -2.38. The van der Waals surface area contributed by atoms with Gasteiger partial charge in [0, 0.05) is 18.8 Å². The van der Waals surface area contributed by atoms with Crippen LogP contribution < -0.4 is 5.32 Å². The minimum atomic E-state index is -0.386. The third-order valence-corrected chi connectivity index (χ3v) is 3.50. The second-order valence-electron chi connectivity index (χ2n) is 4.95. The summed E-state index contributed by atoms with van der Waals surface area (Å²) in [5.74, 6) is -0.386. The second kappa shape index (κ2) is 6.34. The number of benzene rings is 1. The molecule has 1 aliphatic rings. The summed E-state index contributed by atoms with van der Waals surface area (Å²) in [7, 11) is 0. The molecule has 5 nitrogen and oxygen atoms in total. The number of aromatic nitrogens is 2. The lowest BCUT2D eigenvalue weighted by molar-refractivity contribution is 0.217. The van der Waals surface area contributed by atoms with E-state index in [0.29, 0.717) is 19.5 Å². The molecule has 0 atom stereocenters. The Balaban J connectivity index is 1.66. The smallest absolute Gasteiger partial charge is 0.320 e. The summed E-state index contributed by atoms with van der Waals surface area (Å²) < 4.78 is 13.7. The number of halogens is 1. The van der Waals surface area contributed by atoms with Crippen molar-refractivity contribution in [3.63, 3.8) is 0 Å². The Morgan fingerprint density at radius 3 is 2.73 bits per heavy atom. The van der Waals surface area contributed by atoms with Gasteiger partial charge < -0.3 is 10.2 Å². The fourth-order valence-electron chi connectivity index (χ4n) is 2.33. The van der Waals surface area contributed by atoms with Crippen LogP contribution in [0.25, 0.3) is 5.57 Å². The molecule has 0 spiro atoms. The highest BCUT2D eigenvalue weighted by atomic mass is 19.1. The quantitative estimate of drug-likeness (QED) is 0.927. The van der Waals surface area contributed by atoms with Gasteiger partial charge in [-0.15, -0.1) is 5.10 Å². The number of carbonyl (C=O) groups excluding carboxylic acids is 1. The van der Waals surface area contributed by atoms with Gasteiger partial charge >= 0.3 is 6.03 Å². The van der Waals surface area contributed by atoms with Gasteiger partial charge in [0.25, 0.3) is 0 Å². The first-order chi connectivity index (χ1) is 10.7. The van der Waals surface area contributed by atoms with Crippen molar-refractivity contribution in [2.24, 2.45) is 0 Å². The molecule has 0 fully saturated rings. The molecule has 1 N–H and O–H groups in total. The van der Waals surface area contributed by atoms with E-state index in [1.165, 1.54) is 12.3 Å². The van der Waals surface area contributed by atoms with E-state index in [-0.39, 0.29) is 17.5 Å². The topological polar surface area (TPSA) is 58.1 Å². The van der Waals surface area contributed by atoms with E-state index < -0.39 is 0 Å². The molecular formula is C16H15FN4O. The first-order valence-electron chi connectivity index (χ1n) is 7.01. The molecule has 1 aromatic carbocycles. The predicted octanol–water partition coefficient (Wildman–Crippen LogP) is 2.94. The lowest BCUT2D eigenvalue weighted by Gasteiger charge is -2.26. The molecule has 0 radical (unpaired) electrons. The summed E-state index contributed by atoms with van der Waals surface area (Å²) in [6.45, 7) is 0.935. The van der Waals surface area contributed by atoms with E-state index in [2.05, 4.69) is 15.5 Å². The molecular weight excluding hydrogens is 283 g/mol. The number of anilines is 1. The third kappa shape index (κ3) is 3.11. The molecule has 112 valence electrons. The summed E-state index contributed by atoms with van der Waals surface area (Å²) in [5.41, 5.74) is 1.81. The maximum Gasteiger partial charge on any atom is 0.322 e.